The molecule has 0 saturated heterocycles. The average molecular weight is 436 g/mol. The first-order valence-corrected chi connectivity index (χ1v) is 10.5. The Morgan fingerprint density at radius 3 is 2.65 bits per heavy atom. The lowest BCUT2D eigenvalue weighted by Gasteiger charge is -2.14. The van der Waals surface area contributed by atoms with E-state index in [4.69, 9.17) is 4.74 Å². The molecule has 1 amide bonds. The second kappa shape index (κ2) is 8.23. The summed E-state index contributed by atoms with van der Waals surface area (Å²) in [6.45, 7) is 3.57. The maximum atomic E-state index is 13.4. The lowest BCUT2D eigenvalue weighted by molar-refractivity contribution is -0.116. The number of hydrogen-bond donors (Lipinski definition) is 1. The highest BCUT2D eigenvalue weighted by atomic mass is 32.1. The Kier molecular flexibility index (Phi) is 5.48. The Hall–Kier alpha value is -3.65. The minimum atomic E-state index is -0.552. The Bertz CT molecular complexity index is 1410. The van der Waals surface area contributed by atoms with Crippen molar-refractivity contribution in [1.82, 2.24) is 9.13 Å². The van der Waals surface area contributed by atoms with Gasteiger partial charge in [-0.05, 0) is 49.1 Å². The number of carbonyl (C=O) groups is 1. The molecule has 31 heavy (non-hydrogen) atoms. The van der Waals surface area contributed by atoms with E-state index in [9.17, 15) is 14.4 Å². The number of aromatic nitrogens is 2. The van der Waals surface area contributed by atoms with Gasteiger partial charge in [-0.1, -0.05) is 23.8 Å². The summed E-state index contributed by atoms with van der Waals surface area (Å²) in [7, 11) is 1.55. The van der Waals surface area contributed by atoms with Crippen molar-refractivity contribution < 1.29 is 9.53 Å². The third-order valence-electron chi connectivity index (χ3n) is 5.00. The largest absolute Gasteiger partial charge is 0.497 e. The number of methoxy groups -OCH3 is 1. The molecule has 0 fully saturated rings. The summed E-state index contributed by atoms with van der Waals surface area (Å²) >= 11 is 1.25. The van der Waals surface area contributed by atoms with Crippen LogP contribution >= 0.6 is 11.3 Å². The van der Waals surface area contributed by atoms with Crippen molar-refractivity contribution in [2.45, 2.75) is 20.4 Å². The van der Waals surface area contributed by atoms with Gasteiger partial charge in [-0.15, -0.1) is 11.3 Å². The van der Waals surface area contributed by atoms with Crippen LogP contribution in [0.4, 0.5) is 5.69 Å². The predicted molar refractivity (Wildman–Crippen MR) is 123 cm³/mol. The van der Waals surface area contributed by atoms with E-state index >= 15 is 0 Å². The van der Waals surface area contributed by atoms with Crippen LogP contribution in [0.15, 0.2) is 63.5 Å². The van der Waals surface area contributed by atoms with Crippen LogP contribution in [0.2, 0.25) is 0 Å². The van der Waals surface area contributed by atoms with E-state index < -0.39 is 5.69 Å². The lowest BCUT2D eigenvalue weighted by Crippen LogP contribution is -2.40. The van der Waals surface area contributed by atoms with Gasteiger partial charge >= 0.3 is 5.69 Å². The first-order chi connectivity index (χ1) is 14.9. The molecule has 1 N–H and O–H groups in total. The van der Waals surface area contributed by atoms with Crippen molar-refractivity contribution in [3.05, 3.63) is 85.9 Å². The number of rotatable bonds is 5. The van der Waals surface area contributed by atoms with Crippen LogP contribution in [0.1, 0.15) is 11.1 Å². The summed E-state index contributed by atoms with van der Waals surface area (Å²) in [5, 5.41) is 4.52. The number of anilines is 1. The number of ether oxygens (including phenoxy) is 1. The number of nitrogens with zero attached hydrogens (tertiary/aromatic N) is 2. The van der Waals surface area contributed by atoms with E-state index in [-0.39, 0.29) is 18.0 Å². The first-order valence-electron chi connectivity index (χ1n) is 9.63. The highest BCUT2D eigenvalue weighted by molar-refractivity contribution is 7.17. The van der Waals surface area contributed by atoms with Gasteiger partial charge in [0.1, 0.15) is 17.0 Å². The molecule has 0 unspecified atom stereocenters. The zero-order valence-corrected chi connectivity index (χ0v) is 18.2. The number of amides is 1. The third kappa shape index (κ3) is 3.89. The van der Waals surface area contributed by atoms with E-state index in [0.717, 1.165) is 15.7 Å². The van der Waals surface area contributed by atoms with Gasteiger partial charge in [0.25, 0.3) is 5.56 Å². The van der Waals surface area contributed by atoms with Crippen LogP contribution in [0.25, 0.3) is 15.9 Å². The maximum absolute atomic E-state index is 13.4. The van der Waals surface area contributed by atoms with Crippen molar-refractivity contribution in [3.8, 4) is 11.4 Å². The molecular weight excluding hydrogens is 414 g/mol. The van der Waals surface area contributed by atoms with E-state index in [0.29, 0.717) is 27.3 Å². The number of fused-ring (bicyclic) bond motifs is 1. The third-order valence-corrected chi connectivity index (χ3v) is 5.89. The molecule has 4 aromatic rings. The molecule has 0 saturated carbocycles. The standard InChI is InChI=1S/C23H21N3O4S/c1-14-7-8-18(15(2)11-14)26-22(28)21-19(9-10-31-21)25(23(26)29)13-20(27)24-16-5-4-6-17(12-16)30-3/h4-12H,13H2,1-3H3,(H,24,27). The molecule has 0 atom stereocenters. The van der Waals surface area contributed by atoms with E-state index in [2.05, 4.69) is 5.32 Å². The van der Waals surface area contributed by atoms with Gasteiger partial charge in [-0.2, -0.15) is 0 Å². The summed E-state index contributed by atoms with van der Waals surface area (Å²) in [4.78, 5) is 39.2. The maximum Gasteiger partial charge on any atom is 0.336 e. The van der Waals surface area contributed by atoms with Crippen LogP contribution in [0.3, 0.4) is 0 Å². The zero-order valence-electron chi connectivity index (χ0n) is 17.3. The van der Waals surface area contributed by atoms with Crippen molar-refractivity contribution in [1.29, 1.82) is 0 Å². The molecule has 2 aromatic carbocycles. The molecule has 2 heterocycles. The number of nitrogens with one attached hydrogen (secondary N) is 1. The van der Waals surface area contributed by atoms with Crippen LogP contribution in [-0.2, 0) is 11.3 Å². The first kappa shape index (κ1) is 20.6. The fourth-order valence-corrected chi connectivity index (χ4v) is 4.38. The molecule has 0 radical (unpaired) electrons. The predicted octanol–water partition coefficient (Wildman–Crippen LogP) is 3.48. The highest BCUT2D eigenvalue weighted by Gasteiger charge is 2.18. The fraction of sp³-hybridized carbons (Fsp3) is 0.174. The van der Waals surface area contributed by atoms with Gasteiger partial charge in [-0.25, -0.2) is 9.36 Å². The molecule has 4 rings (SSSR count). The van der Waals surface area contributed by atoms with Gasteiger partial charge in [-0.3, -0.25) is 14.2 Å². The van der Waals surface area contributed by atoms with Crippen molar-refractivity contribution in [3.63, 3.8) is 0 Å². The van der Waals surface area contributed by atoms with E-state index in [1.165, 1.54) is 15.9 Å². The van der Waals surface area contributed by atoms with Crippen LogP contribution in [0.5, 0.6) is 5.75 Å². The molecule has 0 aliphatic rings. The van der Waals surface area contributed by atoms with Crippen LogP contribution in [-0.4, -0.2) is 22.2 Å². The molecule has 158 valence electrons. The zero-order chi connectivity index (χ0) is 22.1. The minimum Gasteiger partial charge on any atom is -0.497 e. The number of thiophene rings is 1. The fourth-order valence-electron chi connectivity index (χ4n) is 3.55. The Labute approximate surface area is 182 Å². The monoisotopic (exact) mass is 435 g/mol. The van der Waals surface area contributed by atoms with Gasteiger partial charge in [0, 0.05) is 11.8 Å². The van der Waals surface area contributed by atoms with E-state index in [1.54, 1.807) is 48.9 Å². The molecule has 0 bridgehead atoms. The van der Waals surface area contributed by atoms with Crippen molar-refractivity contribution in [2.75, 3.05) is 12.4 Å². The number of aryl methyl sites for hydroxylation is 2. The summed E-state index contributed by atoms with van der Waals surface area (Å²) in [5.41, 5.74) is 2.42. The topological polar surface area (TPSA) is 82.3 Å². The Morgan fingerprint density at radius 1 is 1.10 bits per heavy atom. The summed E-state index contributed by atoms with van der Waals surface area (Å²) < 4.78 is 8.08. The Morgan fingerprint density at radius 2 is 1.90 bits per heavy atom. The smallest absolute Gasteiger partial charge is 0.336 e. The highest BCUT2D eigenvalue weighted by Crippen LogP contribution is 2.19. The normalized spacial score (nSPS) is 10.9. The molecule has 8 heteroatoms. The number of carbonyl (C=O) groups excluding carboxylic acids is 1. The second-order valence-electron chi connectivity index (χ2n) is 7.21. The lowest BCUT2D eigenvalue weighted by atomic mass is 10.1. The minimum absolute atomic E-state index is 0.228. The van der Waals surface area contributed by atoms with Crippen LogP contribution in [0, 0.1) is 13.8 Å². The summed E-state index contributed by atoms with van der Waals surface area (Å²) in [5.74, 6) is 0.229. The summed E-state index contributed by atoms with van der Waals surface area (Å²) in [6, 6.07) is 14.2. The SMILES string of the molecule is COc1cccc(NC(=O)Cn2c(=O)n(-c3ccc(C)cc3C)c(=O)c3sccc32)c1. The molecular formula is C23H21N3O4S. The Balaban J connectivity index is 1.79. The van der Waals surface area contributed by atoms with Crippen LogP contribution < -0.4 is 21.3 Å². The van der Waals surface area contributed by atoms with Gasteiger partial charge < -0.3 is 10.1 Å². The summed E-state index contributed by atoms with van der Waals surface area (Å²) in [6.07, 6.45) is 0. The van der Waals surface area contributed by atoms with Gasteiger partial charge in [0.15, 0.2) is 0 Å². The number of hydrogen-bond acceptors (Lipinski definition) is 5. The molecule has 2 aromatic heterocycles. The van der Waals surface area contributed by atoms with Gasteiger partial charge in [0.05, 0.1) is 18.3 Å². The van der Waals surface area contributed by atoms with Crippen molar-refractivity contribution >= 4 is 33.1 Å². The van der Waals surface area contributed by atoms with Crippen molar-refractivity contribution in [2.24, 2.45) is 0 Å². The van der Waals surface area contributed by atoms with Gasteiger partial charge in [0.2, 0.25) is 5.91 Å². The molecule has 7 nitrogen and oxygen atoms in total. The average Bonchev–Trinajstić information content (AvgIpc) is 3.23. The number of benzene rings is 2. The molecule has 0 aliphatic carbocycles. The molecule has 0 aliphatic heterocycles. The quantitative estimate of drug-likeness (QED) is 0.520. The van der Waals surface area contributed by atoms with E-state index in [1.807, 2.05) is 26.0 Å². The second-order valence-corrected chi connectivity index (χ2v) is 8.13. The molecule has 0 spiro atoms.